The van der Waals surface area contributed by atoms with E-state index >= 15 is 0 Å². The zero-order chi connectivity index (χ0) is 15.9. The molecule has 0 unspecified atom stereocenters. The minimum Gasteiger partial charge on any atom is -1.00 e. The first-order valence-electron chi connectivity index (χ1n) is 7.67. The molecule has 0 aliphatic heterocycles. The molecule has 24 heavy (non-hydrogen) atoms. The highest BCUT2D eigenvalue weighted by Gasteiger charge is 2.02. The van der Waals surface area contributed by atoms with Crippen molar-refractivity contribution in [3.05, 3.63) is 96.3 Å². The fourth-order valence-corrected chi connectivity index (χ4v) is 2.32. The number of para-hydroxylation sites is 1. The first-order chi connectivity index (χ1) is 11.3. The maximum Gasteiger partial charge on any atom is 0.173 e. The Labute approximate surface area is 149 Å². The maximum atomic E-state index is 4.48. The Morgan fingerprint density at radius 3 is 2.08 bits per heavy atom. The summed E-state index contributed by atoms with van der Waals surface area (Å²) in [7, 11) is 1.95. The molecule has 0 N–H and O–H groups in total. The lowest BCUT2D eigenvalue weighted by atomic mass is 10.2. The Bertz CT molecular complexity index is 756. The zero-order valence-electron chi connectivity index (χ0n) is 13.6. The van der Waals surface area contributed by atoms with Crippen LogP contribution in [0.15, 0.2) is 90.3 Å². The molecule has 1 heterocycles. The van der Waals surface area contributed by atoms with Crippen molar-refractivity contribution in [2.75, 3.05) is 12.1 Å². The molecule has 0 radical (unpaired) electrons. The number of rotatable bonds is 5. The van der Waals surface area contributed by atoms with Crippen LogP contribution in [0.4, 0.5) is 5.69 Å². The van der Waals surface area contributed by atoms with Crippen LogP contribution in [0.5, 0.6) is 0 Å². The van der Waals surface area contributed by atoms with Gasteiger partial charge in [-0.05, 0) is 12.1 Å². The molecule has 2 aromatic carbocycles. The van der Waals surface area contributed by atoms with Gasteiger partial charge in [0.15, 0.2) is 18.9 Å². The van der Waals surface area contributed by atoms with Gasteiger partial charge in [0, 0.05) is 30.3 Å². The smallest absolute Gasteiger partial charge is 0.173 e. The number of aromatic nitrogens is 1. The molecule has 0 aliphatic rings. The van der Waals surface area contributed by atoms with E-state index in [1.165, 1.54) is 5.56 Å². The van der Waals surface area contributed by atoms with Crippen molar-refractivity contribution >= 4 is 11.9 Å². The van der Waals surface area contributed by atoms with E-state index in [1.54, 1.807) is 0 Å². The lowest BCUT2D eigenvalue weighted by Gasteiger charge is -2.11. The monoisotopic (exact) mass is 337 g/mol. The van der Waals surface area contributed by atoms with Gasteiger partial charge in [-0.25, -0.2) is 4.57 Å². The van der Waals surface area contributed by atoms with Crippen molar-refractivity contribution in [1.29, 1.82) is 0 Å². The van der Waals surface area contributed by atoms with Gasteiger partial charge in [-0.1, -0.05) is 48.5 Å². The van der Waals surface area contributed by atoms with Gasteiger partial charge in [0.1, 0.15) is 0 Å². The van der Waals surface area contributed by atoms with Crippen LogP contribution in [-0.4, -0.2) is 13.3 Å². The lowest BCUT2D eigenvalue weighted by molar-refractivity contribution is -0.688. The summed E-state index contributed by atoms with van der Waals surface area (Å²) in [6, 6.07) is 24.7. The minimum absolute atomic E-state index is 0. The van der Waals surface area contributed by atoms with Gasteiger partial charge in [0.25, 0.3) is 0 Å². The van der Waals surface area contributed by atoms with Crippen molar-refractivity contribution in [2.45, 2.75) is 6.54 Å². The quantitative estimate of drug-likeness (QED) is 0.377. The second-order valence-corrected chi connectivity index (χ2v) is 5.39. The van der Waals surface area contributed by atoms with Crippen LogP contribution < -0.4 is 22.0 Å². The first kappa shape index (κ1) is 17.7. The largest absolute Gasteiger partial charge is 1.00 e. The van der Waals surface area contributed by atoms with Crippen molar-refractivity contribution < 1.29 is 17.0 Å². The lowest BCUT2D eigenvalue weighted by Crippen LogP contribution is -3.00. The molecule has 3 rings (SSSR count). The minimum atomic E-state index is 0. The number of benzene rings is 2. The topological polar surface area (TPSA) is 19.5 Å². The van der Waals surface area contributed by atoms with Crippen LogP contribution in [-0.2, 0) is 6.54 Å². The van der Waals surface area contributed by atoms with E-state index in [-0.39, 0.29) is 12.4 Å². The van der Waals surface area contributed by atoms with Crippen LogP contribution in [0, 0.1) is 0 Å². The third-order valence-corrected chi connectivity index (χ3v) is 3.63. The third-order valence-electron chi connectivity index (χ3n) is 3.63. The van der Waals surface area contributed by atoms with E-state index in [1.807, 2.05) is 54.7 Å². The molecular weight excluding hydrogens is 318 g/mol. The van der Waals surface area contributed by atoms with Crippen molar-refractivity contribution in [3.63, 3.8) is 0 Å². The van der Waals surface area contributed by atoms with Gasteiger partial charge in [0.2, 0.25) is 0 Å². The molecule has 0 saturated heterocycles. The molecular formula is C20H20ClN3. The van der Waals surface area contributed by atoms with E-state index < -0.39 is 0 Å². The summed E-state index contributed by atoms with van der Waals surface area (Å²) in [5.41, 5.74) is 3.44. The highest BCUT2D eigenvalue weighted by Crippen LogP contribution is 2.10. The van der Waals surface area contributed by atoms with Crippen LogP contribution >= 0.6 is 0 Å². The van der Waals surface area contributed by atoms with Gasteiger partial charge in [-0.2, -0.15) is 5.10 Å². The molecule has 0 spiro atoms. The zero-order valence-corrected chi connectivity index (χ0v) is 14.3. The Morgan fingerprint density at radius 1 is 0.875 bits per heavy atom. The van der Waals surface area contributed by atoms with E-state index in [9.17, 15) is 0 Å². The van der Waals surface area contributed by atoms with Crippen LogP contribution in [0.3, 0.4) is 0 Å². The number of nitrogens with zero attached hydrogens (tertiary/aromatic N) is 3. The highest BCUT2D eigenvalue weighted by molar-refractivity contribution is 5.79. The van der Waals surface area contributed by atoms with Gasteiger partial charge in [0.05, 0.1) is 11.9 Å². The fourth-order valence-electron chi connectivity index (χ4n) is 2.32. The summed E-state index contributed by atoms with van der Waals surface area (Å²) in [6.45, 7) is 0.877. The second-order valence-electron chi connectivity index (χ2n) is 5.39. The third kappa shape index (κ3) is 4.93. The van der Waals surface area contributed by atoms with Crippen molar-refractivity contribution in [2.24, 2.45) is 5.10 Å². The highest BCUT2D eigenvalue weighted by atomic mass is 35.5. The maximum absolute atomic E-state index is 4.48. The number of anilines is 1. The summed E-state index contributed by atoms with van der Waals surface area (Å²) in [5, 5.41) is 6.34. The number of halogens is 1. The Balaban J connectivity index is 0.00000208. The van der Waals surface area contributed by atoms with E-state index in [0.717, 1.165) is 17.8 Å². The number of hydrogen-bond acceptors (Lipinski definition) is 2. The van der Waals surface area contributed by atoms with Crippen LogP contribution in [0.25, 0.3) is 0 Å². The SMILES string of the molecule is CN(/N=C/c1cc[n+](Cc2ccccc2)cc1)c1ccccc1.[Cl-]. The number of hydrogen-bond donors (Lipinski definition) is 0. The predicted molar refractivity (Wildman–Crippen MR) is 94.6 cm³/mol. The molecule has 3 aromatic rings. The van der Waals surface area contributed by atoms with Crippen LogP contribution in [0.2, 0.25) is 0 Å². The Morgan fingerprint density at radius 2 is 1.46 bits per heavy atom. The van der Waals surface area contributed by atoms with Gasteiger partial charge >= 0.3 is 0 Å². The molecule has 3 nitrogen and oxygen atoms in total. The van der Waals surface area contributed by atoms with E-state index in [0.29, 0.717) is 0 Å². The molecule has 0 aliphatic carbocycles. The predicted octanol–water partition coefficient (Wildman–Crippen LogP) is 0.497. The van der Waals surface area contributed by atoms with Crippen LogP contribution in [0.1, 0.15) is 11.1 Å². The summed E-state index contributed by atoms with van der Waals surface area (Å²) in [4.78, 5) is 0. The summed E-state index contributed by atoms with van der Waals surface area (Å²) < 4.78 is 2.16. The van der Waals surface area contributed by atoms with E-state index in [2.05, 4.69) is 58.5 Å². The van der Waals surface area contributed by atoms with Crippen molar-refractivity contribution in [3.8, 4) is 0 Å². The van der Waals surface area contributed by atoms with Gasteiger partial charge in [-0.15, -0.1) is 0 Å². The Hall–Kier alpha value is -2.65. The van der Waals surface area contributed by atoms with E-state index in [4.69, 9.17) is 0 Å². The summed E-state index contributed by atoms with van der Waals surface area (Å²) in [5.74, 6) is 0. The Kier molecular flexibility index (Phi) is 6.52. The molecule has 0 bridgehead atoms. The molecule has 0 atom stereocenters. The molecule has 0 fully saturated rings. The number of hydrazone groups is 1. The summed E-state index contributed by atoms with van der Waals surface area (Å²) in [6.07, 6.45) is 6.04. The van der Waals surface area contributed by atoms with Crippen molar-refractivity contribution in [1.82, 2.24) is 0 Å². The number of pyridine rings is 1. The first-order valence-corrected chi connectivity index (χ1v) is 7.67. The fraction of sp³-hybridized carbons (Fsp3) is 0.100. The normalized spacial score (nSPS) is 10.4. The second kappa shape index (κ2) is 8.85. The summed E-state index contributed by atoms with van der Waals surface area (Å²) >= 11 is 0. The molecule has 0 saturated carbocycles. The molecule has 122 valence electrons. The standard InChI is InChI=1S/C20H20N3.ClH/c1-22(20-10-6-3-7-11-20)21-16-18-12-14-23(15-13-18)17-19-8-4-2-5-9-19;/h2-16H,17H2,1H3;1H/q+1;/p-1. The molecule has 0 amide bonds. The average Bonchev–Trinajstić information content (AvgIpc) is 2.62. The van der Waals surface area contributed by atoms with Gasteiger partial charge < -0.3 is 12.4 Å². The average molecular weight is 338 g/mol. The molecule has 1 aromatic heterocycles. The molecule has 4 heteroatoms. The van der Waals surface area contributed by atoms with Gasteiger partial charge in [-0.3, -0.25) is 5.01 Å².